The summed E-state index contributed by atoms with van der Waals surface area (Å²) in [4.78, 5) is 12.7. The molecular weight excluding hydrogens is 455 g/mol. The van der Waals surface area contributed by atoms with Gasteiger partial charge < -0.3 is 5.32 Å². The van der Waals surface area contributed by atoms with Gasteiger partial charge in [0.05, 0.1) is 26.3 Å². The Hall–Kier alpha value is -2.25. The van der Waals surface area contributed by atoms with Gasteiger partial charge >= 0.3 is 0 Å². The average Bonchev–Trinajstić information content (AvgIpc) is 2.70. The third kappa shape index (κ3) is 5.03. The van der Waals surface area contributed by atoms with E-state index in [1.54, 1.807) is 42.5 Å². The number of halogens is 3. The number of hydrogen-bond donors (Lipinski definition) is 1. The van der Waals surface area contributed by atoms with Crippen LogP contribution in [0, 0.1) is 0 Å². The quantitative estimate of drug-likeness (QED) is 0.520. The predicted molar refractivity (Wildman–Crippen MR) is 118 cm³/mol. The summed E-state index contributed by atoms with van der Waals surface area (Å²) >= 11 is 18.2. The van der Waals surface area contributed by atoms with Crippen LogP contribution in [0.5, 0.6) is 0 Å². The Bertz CT molecular complexity index is 1140. The molecule has 3 aromatic carbocycles. The van der Waals surface area contributed by atoms with Gasteiger partial charge in [0, 0.05) is 5.02 Å². The second kappa shape index (κ2) is 9.05. The van der Waals surface area contributed by atoms with Gasteiger partial charge in [-0.1, -0.05) is 65.1 Å². The molecule has 1 N–H and O–H groups in total. The lowest BCUT2D eigenvalue weighted by Gasteiger charge is -2.25. The van der Waals surface area contributed by atoms with E-state index in [1.807, 2.05) is 0 Å². The van der Waals surface area contributed by atoms with Crippen molar-refractivity contribution in [1.82, 2.24) is 0 Å². The molecular formula is C20H15Cl3N2O3S. The fraction of sp³-hybridized carbons (Fsp3) is 0.0500. The van der Waals surface area contributed by atoms with Crippen LogP contribution in [0.1, 0.15) is 0 Å². The molecule has 3 rings (SSSR count). The van der Waals surface area contributed by atoms with E-state index in [0.717, 1.165) is 4.31 Å². The van der Waals surface area contributed by atoms with Crippen LogP contribution < -0.4 is 9.62 Å². The number of hydrogen-bond acceptors (Lipinski definition) is 3. The highest BCUT2D eigenvalue weighted by Gasteiger charge is 2.28. The zero-order valence-corrected chi connectivity index (χ0v) is 17.9. The van der Waals surface area contributed by atoms with Crippen LogP contribution in [0.25, 0.3) is 0 Å². The van der Waals surface area contributed by atoms with E-state index >= 15 is 0 Å². The number of amides is 1. The van der Waals surface area contributed by atoms with Gasteiger partial charge in [-0.25, -0.2) is 8.42 Å². The fourth-order valence-corrected chi connectivity index (χ4v) is 4.67. The number of carbonyl (C=O) groups excluding carboxylic acids is 1. The minimum atomic E-state index is -4.05. The Kier molecular flexibility index (Phi) is 6.70. The molecule has 0 aliphatic carbocycles. The number of benzene rings is 3. The summed E-state index contributed by atoms with van der Waals surface area (Å²) < 4.78 is 27.4. The highest BCUT2D eigenvalue weighted by atomic mass is 35.5. The second-order valence-corrected chi connectivity index (χ2v) is 9.06. The van der Waals surface area contributed by atoms with Crippen LogP contribution in [0.3, 0.4) is 0 Å². The molecule has 0 aromatic heterocycles. The summed E-state index contributed by atoms with van der Waals surface area (Å²) in [6, 6.07) is 18.8. The number of rotatable bonds is 6. The van der Waals surface area contributed by atoms with Gasteiger partial charge in [0.25, 0.3) is 10.0 Å². The number of nitrogens with zero attached hydrogens (tertiary/aromatic N) is 1. The van der Waals surface area contributed by atoms with E-state index in [-0.39, 0.29) is 26.3 Å². The molecule has 0 bridgehead atoms. The van der Waals surface area contributed by atoms with Crippen molar-refractivity contribution in [1.29, 1.82) is 0 Å². The minimum Gasteiger partial charge on any atom is -0.323 e. The van der Waals surface area contributed by atoms with Crippen LogP contribution in [-0.2, 0) is 14.8 Å². The number of sulfonamides is 1. The Morgan fingerprint density at radius 2 is 1.52 bits per heavy atom. The summed E-state index contributed by atoms with van der Waals surface area (Å²) in [7, 11) is -4.05. The van der Waals surface area contributed by atoms with E-state index in [2.05, 4.69) is 5.32 Å². The lowest BCUT2D eigenvalue weighted by molar-refractivity contribution is -0.114. The van der Waals surface area contributed by atoms with Gasteiger partial charge in [-0.15, -0.1) is 0 Å². The second-order valence-electron chi connectivity index (χ2n) is 5.95. The van der Waals surface area contributed by atoms with Crippen LogP contribution in [0.15, 0.2) is 77.7 Å². The number of anilines is 2. The molecule has 0 heterocycles. The summed E-state index contributed by atoms with van der Waals surface area (Å²) in [5.74, 6) is -0.603. The summed E-state index contributed by atoms with van der Waals surface area (Å²) in [5.41, 5.74) is 0.464. The molecule has 0 saturated carbocycles. The van der Waals surface area contributed by atoms with Crippen molar-refractivity contribution >= 4 is 62.1 Å². The molecule has 150 valence electrons. The minimum absolute atomic E-state index is 0.0357. The van der Waals surface area contributed by atoms with Crippen molar-refractivity contribution in [3.05, 3.63) is 87.9 Å². The van der Waals surface area contributed by atoms with Crippen LogP contribution in [0.4, 0.5) is 11.4 Å². The predicted octanol–water partition coefficient (Wildman–Crippen LogP) is 5.48. The lowest BCUT2D eigenvalue weighted by Crippen LogP contribution is -2.38. The zero-order valence-electron chi connectivity index (χ0n) is 14.8. The molecule has 0 spiro atoms. The normalized spacial score (nSPS) is 11.1. The van der Waals surface area contributed by atoms with Crippen molar-refractivity contribution in [2.45, 2.75) is 4.90 Å². The van der Waals surface area contributed by atoms with Crippen LogP contribution in [0.2, 0.25) is 15.1 Å². The maximum Gasteiger partial charge on any atom is 0.264 e. The van der Waals surface area contributed by atoms with Crippen LogP contribution >= 0.6 is 34.8 Å². The number of carbonyl (C=O) groups is 1. The number of para-hydroxylation sites is 1. The molecule has 0 aliphatic heterocycles. The molecule has 0 atom stereocenters. The Morgan fingerprint density at radius 1 is 0.862 bits per heavy atom. The maximum absolute atomic E-state index is 13.2. The van der Waals surface area contributed by atoms with Gasteiger partial charge in [-0.2, -0.15) is 0 Å². The molecule has 29 heavy (non-hydrogen) atoms. The van der Waals surface area contributed by atoms with Crippen molar-refractivity contribution in [2.75, 3.05) is 16.2 Å². The lowest BCUT2D eigenvalue weighted by atomic mass is 10.3. The largest absolute Gasteiger partial charge is 0.323 e. The van der Waals surface area contributed by atoms with Crippen LogP contribution in [-0.4, -0.2) is 20.9 Å². The van der Waals surface area contributed by atoms with Crippen molar-refractivity contribution in [3.63, 3.8) is 0 Å². The van der Waals surface area contributed by atoms with Gasteiger partial charge in [0.2, 0.25) is 5.91 Å². The van der Waals surface area contributed by atoms with E-state index < -0.39 is 22.5 Å². The molecule has 0 unspecified atom stereocenters. The standard InChI is InChI=1S/C20H15Cl3N2O3S/c21-14-10-11-16(22)18(12-14)24-20(26)13-25(19-9-5-4-8-17(19)23)29(27,28)15-6-2-1-3-7-15/h1-12H,13H2,(H,24,26). The molecule has 0 aliphatic rings. The summed E-state index contributed by atoms with van der Waals surface area (Å²) in [5, 5.41) is 3.44. The first kappa shape index (κ1) is 21.5. The Balaban J connectivity index is 1.97. The van der Waals surface area contributed by atoms with E-state index in [9.17, 15) is 13.2 Å². The highest BCUT2D eigenvalue weighted by Crippen LogP contribution is 2.31. The smallest absolute Gasteiger partial charge is 0.264 e. The topological polar surface area (TPSA) is 66.5 Å². The van der Waals surface area contributed by atoms with E-state index in [4.69, 9.17) is 34.8 Å². The van der Waals surface area contributed by atoms with Gasteiger partial charge in [-0.05, 0) is 42.5 Å². The maximum atomic E-state index is 13.2. The monoisotopic (exact) mass is 468 g/mol. The molecule has 0 fully saturated rings. The highest BCUT2D eigenvalue weighted by molar-refractivity contribution is 7.92. The van der Waals surface area contributed by atoms with Gasteiger partial charge in [0.1, 0.15) is 6.54 Å². The third-order valence-corrected chi connectivity index (χ3v) is 6.60. The van der Waals surface area contributed by atoms with Crippen molar-refractivity contribution in [3.8, 4) is 0 Å². The molecule has 9 heteroatoms. The van der Waals surface area contributed by atoms with Crippen molar-refractivity contribution < 1.29 is 13.2 Å². The summed E-state index contributed by atoms with van der Waals surface area (Å²) in [6.45, 7) is -0.510. The van der Waals surface area contributed by atoms with Crippen molar-refractivity contribution in [2.24, 2.45) is 0 Å². The number of nitrogens with one attached hydrogen (secondary N) is 1. The van der Waals surface area contributed by atoms with Gasteiger partial charge in [0.15, 0.2) is 0 Å². The fourth-order valence-electron chi connectivity index (χ4n) is 2.59. The Morgan fingerprint density at radius 3 is 2.21 bits per heavy atom. The van der Waals surface area contributed by atoms with E-state index in [0.29, 0.717) is 5.02 Å². The molecule has 3 aromatic rings. The summed E-state index contributed by atoms with van der Waals surface area (Å²) in [6.07, 6.45) is 0. The van der Waals surface area contributed by atoms with E-state index in [1.165, 1.54) is 30.3 Å². The first-order valence-corrected chi connectivity index (χ1v) is 10.9. The molecule has 5 nitrogen and oxygen atoms in total. The molecule has 0 saturated heterocycles. The SMILES string of the molecule is O=C(CN(c1ccccc1Cl)S(=O)(=O)c1ccccc1)Nc1cc(Cl)ccc1Cl. The van der Waals surface area contributed by atoms with Gasteiger partial charge in [-0.3, -0.25) is 9.10 Å². The zero-order chi connectivity index (χ0) is 21.0. The first-order valence-electron chi connectivity index (χ1n) is 8.36. The first-order chi connectivity index (χ1) is 13.8. The Labute approximate surface area is 183 Å². The average molecular weight is 470 g/mol. The third-order valence-electron chi connectivity index (χ3n) is 3.94. The molecule has 1 amide bonds. The molecule has 0 radical (unpaired) electrons.